The highest BCUT2D eigenvalue weighted by Gasteiger charge is 2.18. The van der Waals surface area contributed by atoms with Gasteiger partial charge in [0, 0.05) is 20.6 Å². The molecule has 0 saturated heterocycles. The van der Waals surface area contributed by atoms with Gasteiger partial charge >= 0.3 is 0 Å². The largest absolute Gasteiger partial charge is 0.359 e. The van der Waals surface area contributed by atoms with Crippen LogP contribution >= 0.6 is 0 Å². The highest BCUT2D eigenvalue weighted by atomic mass is 16.2. The van der Waals surface area contributed by atoms with E-state index in [0.29, 0.717) is 6.54 Å². The smallest absolute Gasteiger partial charge is 0.238 e. The van der Waals surface area contributed by atoms with Crippen LogP contribution < -0.4 is 11.1 Å². The molecule has 5 heteroatoms. The summed E-state index contributed by atoms with van der Waals surface area (Å²) in [5, 5.41) is 2.53. The molecule has 2 amide bonds. The van der Waals surface area contributed by atoms with Crippen molar-refractivity contribution in [3.63, 3.8) is 0 Å². The summed E-state index contributed by atoms with van der Waals surface area (Å²) in [5.41, 5.74) is 5.43. The van der Waals surface area contributed by atoms with E-state index in [9.17, 15) is 9.59 Å². The second kappa shape index (κ2) is 5.59. The van der Waals surface area contributed by atoms with Gasteiger partial charge in [-0.05, 0) is 6.92 Å². The summed E-state index contributed by atoms with van der Waals surface area (Å²) in [5.74, 6) is -0.442. The topological polar surface area (TPSA) is 75.4 Å². The fraction of sp³-hybridized carbons (Fsp3) is 0.778. The Labute approximate surface area is 84.6 Å². The van der Waals surface area contributed by atoms with Crippen molar-refractivity contribution in [1.29, 1.82) is 0 Å². The third kappa shape index (κ3) is 3.74. The summed E-state index contributed by atoms with van der Waals surface area (Å²) in [6.45, 7) is 3.78. The predicted molar refractivity (Wildman–Crippen MR) is 54.5 cm³/mol. The molecule has 0 aromatic heterocycles. The first kappa shape index (κ1) is 12.9. The van der Waals surface area contributed by atoms with E-state index in [0.717, 1.165) is 0 Å². The summed E-state index contributed by atoms with van der Waals surface area (Å²) in [6, 6.07) is -0.517. The molecule has 3 N–H and O–H groups in total. The van der Waals surface area contributed by atoms with E-state index >= 15 is 0 Å². The quantitative estimate of drug-likeness (QED) is 0.623. The van der Waals surface area contributed by atoms with Crippen molar-refractivity contribution in [3.8, 4) is 0 Å². The van der Waals surface area contributed by atoms with Crippen molar-refractivity contribution in [3.05, 3.63) is 0 Å². The van der Waals surface area contributed by atoms with Crippen LogP contribution in [0.15, 0.2) is 0 Å². The molecule has 0 heterocycles. The molecular formula is C9H19N3O2. The predicted octanol–water partition coefficient (Wildman–Crippen LogP) is -0.826. The van der Waals surface area contributed by atoms with Crippen molar-refractivity contribution >= 4 is 11.8 Å². The van der Waals surface area contributed by atoms with Crippen molar-refractivity contribution in [1.82, 2.24) is 10.2 Å². The number of hydrogen-bond donors (Lipinski definition) is 2. The lowest BCUT2D eigenvalue weighted by Gasteiger charge is -2.22. The Morgan fingerprint density at radius 1 is 1.43 bits per heavy atom. The molecule has 82 valence electrons. The van der Waals surface area contributed by atoms with Gasteiger partial charge in [0.1, 0.15) is 0 Å². The molecule has 0 aliphatic heterocycles. The SMILES string of the molecule is CNC(=O)C(C)CN(C)C(=O)[C@@H](C)N. The van der Waals surface area contributed by atoms with Gasteiger partial charge in [0.05, 0.1) is 12.0 Å². The molecule has 0 rings (SSSR count). The molecule has 5 nitrogen and oxygen atoms in total. The summed E-state index contributed by atoms with van der Waals surface area (Å²) >= 11 is 0. The lowest BCUT2D eigenvalue weighted by Crippen LogP contribution is -2.43. The second-order valence-corrected chi connectivity index (χ2v) is 3.52. The fourth-order valence-electron chi connectivity index (χ4n) is 1.18. The molecule has 2 atom stereocenters. The Kier molecular flexibility index (Phi) is 5.15. The molecule has 0 bridgehead atoms. The number of rotatable bonds is 4. The normalized spacial score (nSPS) is 14.4. The van der Waals surface area contributed by atoms with E-state index < -0.39 is 6.04 Å². The molecule has 0 aliphatic carbocycles. The highest BCUT2D eigenvalue weighted by molar-refractivity contribution is 5.82. The number of hydrogen-bond acceptors (Lipinski definition) is 3. The van der Waals surface area contributed by atoms with Crippen LogP contribution in [0.25, 0.3) is 0 Å². The molecular weight excluding hydrogens is 182 g/mol. The number of nitrogens with one attached hydrogen (secondary N) is 1. The minimum atomic E-state index is -0.517. The van der Waals surface area contributed by atoms with Gasteiger partial charge in [0.2, 0.25) is 11.8 Å². The maximum atomic E-state index is 11.4. The van der Waals surface area contributed by atoms with E-state index in [1.807, 2.05) is 0 Å². The van der Waals surface area contributed by atoms with Gasteiger partial charge in [-0.1, -0.05) is 6.92 Å². The Morgan fingerprint density at radius 2 is 1.93 bits per heavy atom. The van der Waals surface area contributed by atoms with E-state index in [1.54, 1.807) is 27.9 Å². The number of nitrogens with two attached hydrogens (primary N) is 1. The summed E-state index contributed by atoms with van der Waals surface area (Å²) < 4.78 is 0. The number of carbonyl (C=O) groups excluding carboxylic acids is 2. The maximum Gasteiger partial charge on any atom is 0.238 e. The van der Waals surface area contributed by atoms with Crippen LogP contribution in [0.4, 0.5) is 0 Å². The van der Waals surface area contributed by atoms with Crippen molar-refractivity contribution in [2.75, 3.05) is 20.6 Å². The van der Waals surface area contributed by atoms with Crippen LogP contribution in [0.3, 0.4) is 0 Å². The van der Waals surface area contributed by atoms with Crippen molar-refractivity contribution in [2.24, 2.45) is 11.7 Å². The zero-order valence-corrected chi connectivity index (χ0v) is 9.20. The van der Waals surface area contributed by atoms with Crippen LogP contribution in [0, 0.1) is 5.92 Å². The summed E-state index contributed by atoms with van der Waals surface area (Å²) in [4.78, 5) is 24.0. The molecule has 0 radical (unpaired) electrons. The first-order valence-electron chi connectivity index (χ1n) is 4.62. The zero-order valence-electron chi connectivity index (χ0n) is 9.20. The minimum absolute atomic E-state index is 0.0747. The number of amides is 2. The molecule has 1 unspecified atom stereocenters. The zero-order chi connectivity index (χ0) is 11.3. The molecule has 0 saturated carbocycles. The maximum absolute atomic E-state index is 11.4. The standard InChI is InChI=1S/C9H19N3O2/c1-6(8(13)11-3)5-12(4)9(14)7(2)10/h6-7H,5,10H2,1-4H3,(H,11,13)/t6?,7-/m1/s1. The number of carbonyl (C=O) groups is 2. The lowest BCUT2D eigenvalue weighted by atomic mass is 10.1. The molecule has 0 aliphatic rings. The van der Waals surface area contributed by atoms with Gasteiger partial charge in [-0.15, -0.1) is 0 Å². The monoisotopic (exact) mass is 201 g/mol. The van der Waals surface area contributed by atoms with Gasteiger partial charge < -0.3 is 16.0 Å². The van der Waals surface area contributed by atoms with Gasteiger partial charge in [-0.2, -0.15) is 0 Å². The van der Waals surface area contributed by atoms with Gasteiger partial charge in [-0.25, -0.2) is 0 Å². The summed E-state index contributed by atoms with van der Waals surface area (Å²) in [7, 11) is 3.22. The molecule has 0 aromatic rings. The van der Waals surface area contributed by atoms with E-state index in [2.05, 4.69) is 5.32 Å². The molecule has 0 fully saturated rings. The van der Waals surface area contributed by atoms with Gasteiger partial charge in [-0.3, -0.25) is 9.59 Å². The Balaban J connectivity index is 4.12. The second-order valence-electron chi connectivity index (χ2n) is 3.52. The average molecular weight is 201 g/mol. The molecule has 0 aromatic carbocycles. The molecule has 0 spiro atoms. The Hall–Kier alpha value is -1.10. The first-order chi connectivity index (χ1) is 6.40. The number of nitrogens with zero attached hydrogens (tertiary/aromatic N) is 1. The van der Waals surface area contributed by atoms with Crippen LogP contribution in [0.2, 0.25) is 0 Å². The third-order valence-corrected chi connectivity index (χ3v) is 2.01. The lowest BCUT2D eigenvalue weighted by molar-refractivity contribution is -0.132. The highest BCUT2D eigenvalue weighted by Crippen LogP contribution is 1.99. The minimum Gasteiger partial charge on any atom is -0.359 e. The third-order valence-electron chi connectivity index (χ3n) is 2.01. The first-order valence-corrected chi connectivity index (χ1v) is 4.62. The Bertz CT molecular complexity index is 216. The van der Waals surface area contributed by atoms with Crippen LogP contribution in [0.5, 0.6) is 0 Å². The van der Waals surface area contributed by atoms with E-state index in [-0.39, 0.29) is 17.7 Å². The summed E-state index contributed by atoms with van der Waals surface area (Å²) in [6.07, 6.45) is 0. The fourth-order valence-corrected chi connectivity index (χ4v) is 1.18. The van der Waals surface area contributed by atoms with Crippen LogP contribution in [0.1, 0.15) is 13.8 Å². The van der Waals surface area contributed by atoms with Gasteiger partial charge in [0.25, 0.3) is 0 Å². The molecule has 14 heavy (non-hydrogen) atoms. The van der Waals surface area contributed by atoms with E-state index in [4.69, 9.17) is 5.73 Å². The van der Waals surface area contributed by atoms with Crippen molar-refractivity contribution in [2.45, 2.75) is 19.9 Å². The average Bonchev–Trinajstić information content (AvgIpc) is 2.14. The Morgan fingerprint density at radius 3 is 2.29 bits per heavy atom. The van der Waals surface area contributed by atoms with Crippen LogP contribution in [-0.4, -0.2) is 43.4 Å². The van der Waals surface area contributed by atoms with Gasteiger partial charge in [0.15, 0.2) is 0 Å². The van der Waals surface area contributed by atoms with E-state index in [1.165, 1.54) is 4.90 Å². The van der Waals surface area contributed by atoms with Crippen LogP contribution in [-0.2, 0) is 9.59 Å². The number of likely N-dealkylation sites (N-methyl/N-ethyl adjacent to an activating group) is 1. The van der Waals surface area contributed by atoms with Crippen molar-refractivity contribution < 1.29 is 9.59 Å².